The molecule has 3 N–H and O–H groups in total. The van der Waals surface area contributed by atoms with Crippen molar-refractivity contribution in [1.29, 1.82) is 0 Å². The predicted octanol–water partition coefficient (Wildman–Crippen LogP) is 6.95. The maximum absolute atomic E-state index is 11.8. The fourth-order valence-electron chi connectivity index (χ4n) is 3.82. The van der Waals surface area contributed by atoms with Crippen molar-refractivity contribution in [3.05, 3.63) is 29.8 Å². The highest BCUT2D eigenvalue weighted by Gasteiger charge is 2.06. The van der Waals surface area contributed by atoms with Crippen molar-refractivity contribution >= 4 is 12.0 Å². The standard InChI is InChI=1S/C27H46N2O4/c1-2-3-4-5-6-7-8-9-10-11-12-13-14-15-16-17-22-33-27(32)29-28-26(31)23-24-18-20-25(30)21-19-24/h18-21,30H,2-17,22-23H2,1H3,(H,28,31)(H,29,32). The van der Waals surface area contributed by atoms with Gasteiger partial charge in [-0.1, -0.05) is 115 Å². The number of unbranched alkanes of at least 4 members (excludes halogenated alkanes) is 15. The molecular weight excluding hydrogens is 416 g/mol. The first-order valence-electron chi connectivity index (χ1n) is 13.1. The number of carbonyl (C=O) groups excluding carboxylic acids is 2. The molecule has 0 atom stereocenters. The van der Waals surface area contributed by atoms with Crippen LogP contribution in [0.3, 0.4) is 0 Å². The molecule has 2 amide bonds. The van der Waals surface area contributed by atoms with E-state index in [4.69, 9.17) is 4.74 Å². The normalized spacial score (nSPS) is 10.7. The Bertz CT molecular complexity index is 619. The lowest BCUT2D eigenvalue weighted by Crippen LogP contribution is -2.42. The number of hydrogen-bond donors (Lipinski definition) is 3. The highest BCUT2D eigenvalue weighted by atomic mass is 16.6. The fraction of sp³-hybridized carbons (Fsp3) is 0.704. The Balaban J connectivity index is 1.81. The van der Waals surface area contributed by atoms with Crippen LogP contribution in [0, 0.1) is 0 Å². The average molecular weight is 463 g/mol. The number of carbonyl (C=O) groups is 2. The van der Waals surface area contributed by atoms with Gasteiger partial charge in [-0.3, -0.25) is 10.2 Å². The van der Waals surface area contributed by atoms with E-state index in [9.17, 15) is 14.7 Å². The zero-order valence-electron chi connectivity index (χ0n) is 20.7. The lowest BCUT2D eigenvalue weighted by atomic mass is 10.0. The van der Waals surface area contributed by atoms with Gasteiger partial charge in [0, 0.05) is 0 Å². The Morgan fingerprint density at radius 1 is 0.697 bits per heavy atom. The molecule has 0 fully saturated rings. The van der Waals surface area contributed by atoms with E-state index in [-0.39, 0.29) is 18.1 Å². The summed E-state index contributed by atoms with van der Waals surface area (Å²) in [4.78, 5) is 23.4. The molecule has 0 aromatic heterocycles. The minimum atomic E-state index is -0.644. The summed E-state index contributed by atoms with van der Waals surface area (Å²) < 4.78 is 5.08. The summed E-state index contributed by atoms with van der Waals surface area (Å²) in [6, 6.07) is 6.35. The molecule has 6 nitrogen and oxygen atoms in total. The minimum Gasteiger partial charge on any atom is -0.508 e. The Morgan fingerprint density at radius 2 is 1.15 bits per heavy atom. The van der Waals surface area contributed by atoms with Crippen LogP contribution in [-0.4, -0.2) is 23.7 Å². The average Bonchev–Trinajstić information content (AvgIpc) is 2.81. The smallest absolute Gasteiger partial charge is 0.426 e. The van der Waals surface area contributed by atoms with E-state index in [1.165, 1.54) is 102 Å². The molecule has 0 saturated carbocycles. The number of aromatic hydroxyl groups is 1. The quantitative estimate of drug-likeness (QED) is 0.153. The van der Waals surface area contributed by atoms with Gasteiger partial charge in [0.1, 0.15) is 5.75 Å². The Morgan fingerprint density at radius 3 is 1.64 bits per heavy atom. The molecule has 0 aliphatic heterocycles. The number of hydrogen-bond acceptors (Lipinski definition) is 4. The van der Waals surface area contributed by atoms with Gasteiger partial charge >= 0.3 is 6.09 Å². The van der Waals surface area contributed by atoms with Crippen LogP contribution < -0.4 is 10.9 Å². The van der Waals surface area contributed by atoms with Crippen LogP contribution in [0.15, 0.2) is 24.3 Å². The number of phenols is 1. The Hall–Kier alpha value is -2.24. The van der Waals surface area contributed by atoms with Crippen molar-refractivity contribution in [3.63, 3.8) is 0 Å². The van der Waals surface area contributed by atoms with Gasteiger partial charge in [-0.2, -0.15) is 0 Å². The van der Waals surface area contributed by atoms with E-state index >= 15 is 0 Å². The number of benzene rings is 1. The monoisotopic (exact) mass is 462 g/mol. The van der Waals surface area contributed by atoms with Gasteiger partial charge in [-0.05, 0) is 24.1 Å². The van der Waals surface area contributed by atoms with Gasteiger partial charge in [0.25, 0.3) is 0 Å². The van der Waals surface area contributed by atoms with Crippen molar-refractivity contribution in [3.8, 4) is 5.75 Å². The van der Waals surface area contributed by atoms with E-state index in [1.807, 2.05) is 0 Å². The molecule has 0 bridgehead atoms. The van der Waals surface area contributed by atoms with Gasteiger partial charge in [-0.15, -0.1) is 0 Å². The zero-order valence-corrected chi connectivity index (χ0v) is 20.7. The van der Waals surface area contributed by atoms with E-state index in [0.717, 1.165) is 18.4 Å². The highest BCUT2D eigenvalue weighted by molar-refractivity contribution is 5.80. The second-order valence-electron chi connectivity index (χ2n) is 8.96. The highest BCUT2D eigenvalue weighted by Crippen LogP contribution is 2.14. The minimum absolute atomic E-state index is 0.111. The number of amides is 2. The summed E-state index contributed by atoms with van der Waals surface area (Å²) in [5.74, 6) is -0.199. The molecule has 1 aromatic rings. The molecule has 0 spiro atoms. The topological polar surface area (TPSA) is 87.7 Å². The number of phenolic OH excluding ortho intramolecular Hbond substituents is 1. The molecule has 0 radical (unpaired) electrons. The summed E-state index contributed by atoms with van der Waals surface area (Å²) in [7, 11) is 0. The molecule has 188 valence electrons. The van der Waals surface area contributed by atoms with E-state index in [0.29, 0.717) is 6.61 Å². The number of nitrogens with one attached hydrogen (secondary N) is 2. The predicted molar refractivity (Wildman–Crippen MR) is 134 cm³/mol. The molecule has 6 heteroatoms. The van der Waals surface area contributed by atoms with Crippen molar-refractivity contribution < 1.29 is 19.4 Å². The third-order valence-electron chi connectivity index (χ3n) is 5.84. The maximum atomic E-state index is 11.8. The van der Waals surface area contributed by atoms with Crippen molar-refractivity contribution in [2.45, 2.75) is 116 Å². The van der Waals surface area contributed by atoms with Crippen LogP contribution in [0.5, 0.6) is 5.75 Å². The van der Waals surface area contributed by atoms with E-state index in [1.54, 1.807) is 12.1 Å². The van der Waals surface area contributed by atoms with E-state index in [2.05, 4.69) is 17.8 Å². The maximum Gasteiger partial charge on any atom is 0.426 e. The third-order valence-corrected chi connectivity index (χ3v) is 5.84. The third kappa shape index (κ3) is 17.9. The van der Waals surface area contributed by atoms with Crippen LogP contribution >= 0.6 is 0 Å². The number of ether oxygens (including phenoxy) is 1. The molecule has 0 aliphatic carbocycles. The summed E-state index contributed by atoms with van der Waals surface area (Å²) in [5.41, 5.74) is 5.33. The van der Waals surface area contributed by atoms with Crippen LogP contribution in [0.25, 0.3) is 0 Å². The lowest BCUT2D eigenvalue weighted by molar-refractivity contribution is -0.121. The SMILES string of the molecule is CCCCCCCCCCCCCCCCCCOC(=O)NNC(=O)Cc1ccc(O)cc1. The lowest BCUT2D eigenvalue weighted by Gasteiger charge is -2.08. The molecule has 0 heterocycles. The first-order chi connectivity index (χ1) is 16.1. The second kappa shape index (κ2) is 20.4. The van der Waals surface area contributed by atoms with Gasteiger partial charge in [0.2, 0.25) is 5.91 Å². The molecule has 0 saturated heterocycles. The first kappa shape index (κ1) is 28.8. The molecule has 33 heavy (non-hydrogen) atoms. The number of hydrazine groups is 1. The van der Waals surface area contributed by atoms with Crippen LogP contribution in [0.1, 0.15) is 115 Å². The molecule has 0 unspecified atom stereocenters. The molecule has 1 rings (SSSR count). The van der Waals surface area contributed by atoms with Crippen LogP contribution in [0.4, 0.5) is 4.79 Å². The first-order valence-corrected chi connectivity index (χ1v) is 13.1. The molecule has 0 aliphatic rings. The van der Waals surface area contributed by atoms with E-state index < -0.39 is 6.09 Å². The summed E-state index contributed by atoms with van der Waals surface area (Å²) in [5, 5.41) is 9.23. The Labute approximate surface area is 200 Å². The Kier molecular flexibility index (Phi) is 17.8. The van der Waals surface area contributed by atoms with Gasteiger partial charge < -0.3 is 9.84 Å². The van der Waals surface area contributed by atoms with Crippen molar-refractivity contribution in [2.24, 2.45) is 0 Å². The summed E-state index contributed by atoms with van der Waals surface area (Å²) in [6.07, 6.45) is 20.3. The van der Waals surface area contributed by atoms with Gasteiger partial charge in [-0.25, -0.2) is 10.2 Å². The summed E-state index contributed by atoms with van der Waals surface area (Å²) >= 11 is 0. The van der Waals surface area contributed by atoms with Gasteiger partial charge in [0.15, 0.2) is 0 Å². The van der Waals surface area contributed by atoms with Gasteiger partial charge in [0.05, 0.1) is 13.0 Å². The largest absolute Gasteiger partial charge is 0.508 e. The van der Waals surface area contributed by atoms with Crippen molar-refractivity contribution in [2.75, 3.05) is 6.61 Å². The number of rotatable bonds is 19. The summed E-state index contributed by atoms with van der Waals surface area (Å²) in [6.45, 7) is 2.63. The van der Waals surface area contributed by atoms with Crippen molar-refractivity contribution in [1.82, 2.24) is 10.9 Å². The van der Waals surface area contributed by atoms with Crippen LogP contribution in [0.2, 0.25) is 0 Å². The fourth-order valence-corrected chi connectivity index (χ4v) is 3.82. The second-order valence-corrected chi connectivity index (χ2v) is 8.96. The molecular formula is C27H46N2O4. The zero-order chi connectivity index (χ0) is 24.0. The molecule has 1 aromatic carbocycles. The van der Waals surface area contributed by atoms with Crippen LogP contribution in [-0.2, 0) is 16.0 Å².